The fraction of sp³-hybridized carbons (Fsp3) is 0.714. The van der Waals surface area contributed by atoms with Gasteiger partial charge in [0.25, 0.3) is 0 Å². The van der Waals surface area contributed by atoms with E-state index in [9.17, 15) is 9.59 Å². The SMILES string of the molecule is COC(=O)C(CC(=O)O)OCCO. The van der Waals surface area contributed by atoms with Crippen LogP contribution in [0.15, 0.2) is 0 Å². The second-order valence-electron chi connectivity index (χ2n) is 2.20. The van der Waals surface area contributed by atoms with E-state index in [1.54, 1.807) is 0 Å². The number of carboxylic acids is 1. The highest BCUT2D eigenvalue weighted by molar-refractivity contribution is 5.80. The Kier molecular flexibility index (Phi) is 5.82. The standard InChI is InChI=1S/C7H12O6/c1-12-7(11)5(4-6(9)10)13-3-2-8/h5,8H,2-4H2,1H3,(H,9,10). The van der Waals surface area contributed by atoms with E-state index >= 15 is 0 Å². The smallest absolute Gasteiger partial charge is 0.335 e. The van der Waals surface area contributed by atoms with Crippen LogP contribution in [0.25, 0.3) is 0 Å². The van der Waals surface area contributed by atoms with E-state index in [-0.39, 0.29) is 13.2 Å². The molecule has 1 unspecified atom stereocenters. The largest absolute Gasteiger partial charge is 0.481 e. The molecule has 0 aromatic carbocycles. The minimum atomic E-state index is -1.16. The molecule has 0 saturated heterocycles. The number of carbonyl (C=O) groups is 2. The zero-order chi connectivity index (χ0) is 10.3. The first-order valence-corrected chi connectivity index (χ1v) is 3.64. The normalized spacial score (nSPS) is 12.2. The van der Waals surface area contributed by atoms with Crippen molar-refractivity contribution >= 4 is 11.9 Å². The monoisotopic (exact) mass is 192 g/mol. The van der Waals surface area contributed by atoms with Crippen molar-refractivity contribution in [2.24, 2.45) is 0 Å². The van der Waals surface area contributed by atoms with E-state index < -0.39 is 24.5 Å². The molecule has 0 saturated carbocycles. The highest BCUT2D eigenvalue weighted by Gasteiger charge is 2.22. The first-order valence-electron chi connectivity index (χ1n) is 3.64. The van der Waals surface area contributed by atoms with Crippen molar-refractivity contribution in [3.05, 3.63) is 0 Å². The number of esters is 1. The lowest BCUT2D eigenvalue weighted by Crippen LogP contribution is -2.29. The Hall–Kier alpha value is -1.14. The molecule has 6 nitrogen and oxygen atoms in total. The van der Waals surface area contributed by atoms with Crippen molar-refractivity contribution in [1.82, 2.24) is 0 Å². The molecule has 1 atom stereocenters. The van der Waals surface area contributed by atoms with Crippen molar-refractivity contribution in [3.63, 3.8) is 0 Å². The summed E-state index contributed by atoms with van der Waals surface area (Å²) in [4.78, 5) is 21.1. The van der Waals surface area contributed by atoms with Crippen LogP contribution in [0.2, 0.25) is 0 Å². The van der Waals surface area contributed by atoms with Gasteiger partial charge in [-0.3, -0.25) is 4.79 Å². The van der Waals surface area contributed by atoms with Crippen LogP contribution in [-0.4, -0.2) is 48.6 Å². The van der Waals surface area contributed by atoms with Crippen molar-refractivity contribution in [1.29, 1.82) is 0 Å². The maximum atomic E-state index is 10.9. The van der Waals surface area contributed by atoms with Gasteiger partial charge in [-0.05, 0) is 0 Å². The third kappa shape index (κ3) is 5.15. The van der Waals surface area contributed by atoms with Crippen LogP contribution in [0.3, 0.4) is 0 Å². The third-order valence-corrected chi connectivity index (χ3v) is 1.23. The zero-order valence-corrected chi connectivity index (χ0v) is 7.23. The summed E-state index contributed by atoms with van der Waals surface area (Å²) in [6.07, 6.45) is -1.61. The van der Waals surface area contributed by atoms with Crippen LogP contribution in [0, 0.1) is 0 Å². The average Bonchev–Trinajstić information content (AvgIpc) is 2.10. The molecular formula is C7H12O6. The average molecular weight is 192 g/mol. The molecule has 0 fully saturated rings. The second kappa shape index (κ2) is 6.38. The minimum absolute atomic E-state index is 0.0902. The maximum absolute atomic E-state index is 10.9. The molecule has 0 aromatic rings. The lowest BCUT2D eigenvalue weighted by Gasteiger charge is -2.12. The molecule has 13 heavy (non-hydrogen) atoms. The van der Waals surface area contributed by atoms with Crippen LogP contribution in [-0.2, 0) is 19.1 Å². The predicted octanol–water partition coefficient (Wildman–Crippen LogP) is -0.988. The Labute approximate surface area is 75.1 Å². The van der Waals surface area contributed by atoms with Gasteiger partial charge in [0.15, 0.2) is 6.10 Å². The van der Waals surface area contributed by atoms with Gasteiger partial charge in [0.05, 0.1) is 26.7 Å². The zero-order valence-electron chi connectivity index (χ0n) is 7.23. The van der Waals surface area contributed by atoms with Gasteiger partial charge in [-0.2, -0.15) is 0 Å². The van der Waals surface area contributed by atoms with Gasteiger partial charge in [0, 0.05) is 0 Å². The molecule has 2 N–H and O–H groups in total. The lowest BCUT2D eigenvalue weighted by atomic mass is 10.2. The summed E-state index contributed by atoms with van der Waals surface area (Å²) < 4.78 is 9.05. The van der Waals surface area contributed by atoms with Crippen molar-refractivity contribution in [3.8, 4) is 0 Å². The lowest BCUT2D eigenvalue weighted by molar-refractivity contribution is -0.160. The number of hydrogen-bond acceptors (Lipinski definition) is 5. The molecular weight excluding hydrogens is 180 g/mol. The van der Waals surface area contributed by atoms with Crippen molar-refractivity contribution < 1.29 is 29.3 Å². The summed E-state index contributed by atoms with van der Waals surface area (Å²) in [5.74, 6) is -1.91. The van der Waals surface area contributed by atoms with Crippen LogP contribution < -0.4 is 0 Å². The number of aliphatic carboxylic acids is 1. The van der Waals surface area contributed by atoms with Gasteiger partial charge in [0.1, 0.15) is 0 Å². The highest BCUT2D eigenvalue weighted by Crippen LogP contribution is 2.00. The Morgan fingerprint density at radius 2 is 2.08 bits per heavy atom. The van der Waals surface area contributed by atoms with E-state index in [0.29, 0.717) is 0 Å². The van der Waals surface area contributed by atoms with Gasteiger partial charge in [-0.25, -0.2) is 4.79 Å². The van der Waals surface area contributed by atoms with E-state index in [0.717, 1.165) is 7.11 Å². The second-order valence-corrected chi connectivity index (χ2v) is 2.20. The van der Waals surface area contributed by atoms with Crippen molar-refractivity contribution in [2.45, 2.75) is 12.5 Å². The number of hydrogen-bond donors (Lipinski definition) is 2. The fourth-order valence-corrected chi connectivity index (χ4v) is 0.695. The molecule has 0 bridgehead atoms. The van der Waals surface area contributed by atoms with Crippen molar-refractivity contribution in [2.75, 3.05) is 20.3 Å². The minimum Gasteiger partial charge on any atom is -0.481 e. The number of aliphatic hydroxyl groups excluding tert-OH is 1. The van der Waals surface area contributed by atoms with Crippen LogP contribution in [0.1, 0.15) is 6.42 Å². The van der Waals surface area contributed by atoms with E-state index in [1.165, 1.54) is 0 Å². The van der Waals surface area contributed by atoms with Gasteiger partial charge in [0.2, 0.25) is 0 Å². The van der Waals surface area contributed by atoms with Gasteiger partial charge >= 0.3 is 11.9 Å². The van der Waals surface area contributed by atoms with E-state index in [1.807, 2.05) is 0 Å². The number of methoxy groups -OCH3 is 1. The molecule has 0 aliphatic heterocycles. The summed E-state index contributed by atoms with van der Waals surface area (Å²) in [5, 5.41) is 16.8. The molecule has 0 spiro atoms. The van der Waals surface area contributed by atoms with Gasteiger partial charge in [-0.1, -0.05) is 0 Å². The molecule has 0 heterocycles. The molecule has 6 heteroatoms. The highest BCUT2D eigenvalue weighted by atomic mass is 16.6. The number of carboxylic acid groups (broad SMARTS) is 1. The number of aliphatic hydroxyl groups is 1. The summed E-state index contributed by atoms with van der Waals surface area (Å²) in [6, 6.07) is 0. The summed E-state index contributed by atoms with van der Waals surface area (Å²) >= 11 is 0. The molecule has 0 amide bonds. The Morgan fingerprint density at radius 1 is 1.46 bits per heavy atom. The molecule has 0 aliphatic rings. The first kappa shape index (κ1) is 11.9. The first-order chi connectivity index (χ1) is 6.11. The summed E-state index contributed by atoms with van der Waals surface area (Å²) in [6.45, 7) is -0.361. The topological polar surface area (TPSA) is 93.1 Å². The number of ether oxygens (including phenoxy) is 2. The fourth-order valence-electron chi connectivity index (χ4n) is 0.695. The molecule has 0 aromatic heterocycles. The number of carbonyl (C=O) groups excluding carboxylic acids is 1. The third-order valence-electron chi connectivity index (χ3n) is 1.23. The van der Waals surface area contributed by atoms with Crippen LogP contribution in [0.5, 0.6) is 0 Å². The Bertz CT molecular complexity index is 178. The predicted molar refractivity (Wildman–Crippen MR) is 41.1 cm³/mol. The number of rotatable bonds is 6. The Morgan fingerprint density at radius 3 is 2.46 bits per heavy atom. The van der Waals surface area contributed by atoms with Gasteiger partial charge < -0.3 is 19.7 Å². The Balaban J connectivity index is 4.02. The molecule has 0 aliphatic carbocycles. The molecule has 0 rings (SSSR count). The maximum Gasteiger partial charge on any atom is 0.335 e. The van der Waals surface area contributed by atoms with E-state index in [4.69, 9.17) is 14.9 Å². The molecule has 76 valence electrons. The van der Waals surface area contributed by atoms with Gasteiger partial charge in [-0.15, -0.1) is 0 Å². The van der Waals surface area contributed by atoms with Crippen LogP contribution >= 0.6 is 0 Å². The van der Waals surface area contributed by atoms with Crippen LogP contribution in [0.4, 0.5) is 0 Å². The molecule has 0 radical (unpaired) electrons. The van der Waals surface area contributed by atoms with E-state index in [2.05, 4.69) is 4.74 Å². The summed E-state index contributed by atoms with van der Waals surface area (Å²) in [7, 11) is 1.14. The summed E-state index contributed by atoms with van der Waals surface area (Å²) in [5.41, 5.74) is 0. The quantitative estimate of drug-likeness (QED) is 0.525.